The number of para-hydroxylation sites is 4. The summed E-state index contributed by atoms with van der Waals surface area (Å²) >= 11 is 0. The van der Waals surface area contributed by atoms with Crippen LogP contribution in [0, 0.1) is 0 Å². The molecule has 5 heteroatoms. The molecule has 0 saturated carbocycles. The third-order valence-electron chi connectivity index (χ3n) is 12.4. The molecule has 3 heterocycles. The lowest BCUT2D eigenvalue weighted by Gasteiger charge is -2.16. The van der Waals surface area contributed by atoms with Crippen molar-refractivity contribution < 1.29 is 14.0 Å². The molecule has 13 aromatic rings. The van der Waals surface area contributed by atoms with Crippen LogP contribution in [0.15, 0.2) is 235 Å². The summed E-state index contributed by atoms with van der Waals surface area (Å²) < 4.78 is 70.8. The van der Waals surface area contributed by atoms with Gasteiger partial charge in [-0.1, -0.05) is 182 Å². The van der Waals surface area contributed by atoms with Crippen molar-refractivity contribution in [1.29, 1.82) is 0 Å². The molecule has 5 nitrogen and oxygen atoms in total. The van der Waals surface area contributed by atoms with Gasteiger partial charge in [0.05, 0.1) is 26.3 Å². The SMILES string of the molecule is [2H]c1cc([2H])c2c(c1[2H])c1c([2H])c([2H])c([2H])c([2H])c1n2-c1ccccc1-c1nc(-c2cccc(-c3cccc4c3oc3ccc(-c5ccccc5)cc34)c2)nc(-c2ccc(-c3ccccc3)c3ccccc23)n1. The van der Waals surface area contributed by atoms with Crippen molar-refractivity contribution in [3.8, 4) is 73.2 Å². The average Bonchev–Trinajstić information content (AvgIpc) is 4.01. The van der Waals surface area contributed by atoms with E-state index in [2.05, 4.69) is 66.7 Å². The van der Waals surface area contributed by atoms with Gasteiger partial charge in [0.2, 0.25) is 0 Å². The fourth-order valence-electron chi connectivity index (χ4n) is 9.34. The Bertz CT molecular complexity index is 4420. The van der Waals surface area contributed by atoms with Crippen LogP contribution in [0.25, 0.3) is 128 Å². The predicted molar refractivity (Wildman–Crippen MR) is 272 cm³/mol. The second kappa shape index (κ2) is 15.4. The van der Waals surface area contributed by atoms with Gasteiger partial charge in [-0.25, -0.2) is 15.0 Å². The van der Waals surface area contributed by atoms with Crippen molar-refractivity contribution in [2.24, 2.45) is 0 Å². The first-order valence-corrected chi connectivity index (χ1v) is 21.7. The highest BCUT2D eigenvalue weighted by Crippen LogP contribution is 2.41. The van der Waals surface area contributed by atoms with Crippen LogP contribution in [0.3, 0.4) is 0 Å². The van der Waals surface area contributed by atoms with Crippen LogP contribution in [-0.2, 0) is 0 Å². The van der Waals surface area contributed by atoms with Crippen LogP contribution in [0.1, 0.15) is 9.60 Å². The zero-order chi connectivity index (χ0) is 49.6. The third kappa shape index (κ3) is 6.21. The molecule has 0 N–H and O–H groups in total. The molecule has 0 amide bonds. The van der Waals surface area contributed by atoms with Crippen molar-refractivity contribution in [3.05, 3.63) is 230 Å². The van der Waals surface area contributed by atoms with E-state index in [4.69, 9.17) is 26.2 Å². The van der Waals surface area contributed by atoms with Gasteiger partial charge < -0.3 is 8.98 Å². The maximum absolute atomic E-state index is 9.26. The van der Waals surface area contributed by atoms with E-state index in [1.54, 1.807) is 16.7 Å². The molecule has 0 aliphatic carbocycles. The fourth-order valence-corrected chi connectivity index (χ4v) is 9.34. The highest BCUT2D eigenvalue weighted by molar-refractivity contribution is 6.12. The highest BCUT2D eigenvalue weighted by atomic mass is 16.3. The minimum Gasteiger partial charge on any atom is -0.455 e. The van der Waals surface area contributed by atoms with Gasteiger partial charge in [-0.3, -0.25) is 0 Å². The Labute approximate surface area is 390 Å². The van der Waals surface area contributed by atoms with Crippen molar-refractivity contribution >= 4 is 54.5 Å². The van der Waals surface area contributed by atoms with Crippen molar-refractivity contribution in [1.82, 2.24) is 19.5 Å². The zero-order valence-electron chi connectivity index (χ0n) is 42.1. The molecule has 0 atom stereocenters. The van der Waals surface area contributed by atoms with Crippen LogP contribution in [0.4, 0.5) is 0 Å². The monoisotopic (exact) mass is 849 g/mol. The lowest BCUT2D eigenvalue weighted by molar-refractivity contribution is 0.670. The Morgan fingerprint density at radius 1 is 0.348 bits per heavy atom. The molecule has 0 radical (unpaired) electrons. The van der Waals surface area contributed by atoms with Gasteiger partial charge >= 0.3 is 0 Å². The second-order valence-electron chi connectivity index (χ2n) is 16.2. The van der Waals surface area contributed by atoms with E-state index in [9.17, 15) is 2.74 Å². The normalized spacial score (nSPS) is 13.1. The summed E-state index contributed by atoms with van der Waals surface area (Å²) in [6.45, 7) is 0. The van der Waals surface area contributed by atoms with E-state index in [-0.39, 0.29) is 57.8 Å². The molecule has 0 saturated heterocycles. The van der Waals surface area contributed by atoms with Gasteiger partial charge in [0.1, 0.15) is 11.2 Å². The van der Waals surface area contributed by atoms with Gasteiger partial charge in [-0.2, -0.15) is 0 Å². The van der Waals surface area contributed by atoms with E-state index >= 15 is 0 Å². The average molecular weight is 850 g/mol. The first-order chi connectivity index (χ1) is 35.6. The standard InChI is InChI=1S/C61H38N4O/c1-3-17-39(18-4-1)41-33-36-57-53(38-41)50-29-16-28-45(58(50)66-57)42-21-15-22-43(37-42)59-62-60(51-35-34-44(40-19-5-2-6-20-40)46-23-7-8-24-47(46)51)64-61(63-59)52-27-11-14-32-56(52)65-54-30-12-9-25-48(54)49-26-10-13-31-55(49)65/h1-38H/i9D,10D,12D,25D,26D,30D,31D. The fraction of sp³-hybridized carbons (Fsp3) is 0. The number of aromatic nitrogens is 4. The smallest absolute Gasteiger partial charge is 0.166 e. The number of rotatable bonds is 7. The Morgan fingerprint density at radius 3 is 1.80 bits per heavy atom. The molecule has 10 aromatic carbocycles. The van der Waals surface area contributed by atoms with Gasteiger partial charge in [-0.05, 0) is 87.1 Å². The summed E-state index contributed by atoms with van der Waals surface area (Å²) in [5.74, 6) is 1.02. The Balaban J connectivity index is 1.05. The summed E-state index contributed by atoms with van der Waals surface area (Å²) in [4.78, 5) is 15.8. The van der Waals surface area contributed by atoms with Crippen LogP contribution in [0.5, 0.6) is 0 Å². The number of nitrogens with zero attached hydrogens (tertiary/aromatic N) is 4. The minimum absolute atomic E-state index is 0.0540. The highest BCUT2D eigenvalue weighted by Gasteiger charge is 2.21. The first-order valence-electron chi connectivity index (χ1n) is 25.2. The molecule has 0 unspecified atom stereocenters. The maximum Gasteiger partial charge on any atom is 0.166 e. The van der Waals surface area contributed by atoms with Crippen LogP contribution < -0.4 is 0 Å². The lowest BCUT2D eigenvalue weighted by atomic mass is 9.94. The number of fused-ring (bicyclic) bond motifs is 7. The van der Waals surface area contributed by atoms with E-state index in [1.807, 2.05) is 103 Å². The molecule has 3 aromatic heterocycles. The molecule has 0 bridgehead atoms. The Hall–Kier alpha value is -8.93. The van der Waals surface area contributed by atoms with Gasteiger partial charge in [-0.15, -0.1) is 0 Å². The largest absolute Gasteiger partial charge is 0.455 e. The van der Waals surface area contributed by atoms with Crippen molar-refractivity contribution in [2.45, 2.75) is 0 Å². The zero-order valence-corrected chi connectivity index (χ0v) is 35.1. The van der Waals surface area contributed by atoms with Crippen LogP contribution in [-0.4, -0.2) is 19.5 Å². The quantitative estimate of drug-likeness (QED) is 0.160. The molecule has 0 aliphatic heterocycles. The molecule has 0 fully saturated rings. The van der Waals surface area contributed by atoms with Crippen LogP contribution >= 0.6 is 0 Å². The lowest BCUT2D eigenvalue weighted by Crippen LogP contribution is -2.04. The van der Waals surface area contributed by atoms with Gasteiger partial charge in [0, 0.05) is 43.8 Å². The molecular formula is C61H38N4O. The second-order valence-corrected chi connectivity index (χ2v) is 16.2. The van der Waals surface area contributed by atoms with Gasteiger partial charge in [0.25, 0.3) is 0 Å². The van der Waals surface area contributed by atoms with E-state index in [0.29, 0.717) is 28.5 Å². The molecule has 0 spiro atoms. The summed E-state index contributed by atoms with van der Waals surface area (Å²) in [7, 11) is 0. The summed E-state index contributed by atoms with van der Waals surface area (Å²) in [6.07, 6.45) is 0. The Morgan fingerprint density at radius 2 is 0.955 bits per heavy atom. The van der Waals surface area contributed by atoms with E-state index < -0.39 is 12.1 Å². The maximum atomic E-state index is 9.26. The minimum atomic E-state index is -0.473. The number of hydrogen-bond donors (Lipinski definition) is 0. The third-order valence-corrected chi connectivity index (χ3v) is 12.4. The molecule has 66 heavy (non-hydrogen) atoms. The van der Waals surface area contributed by atoms with Crippen molar-refractivity contribution in [2.75, 3.05) is 0 Å². The van der Waals surface area contributed by atoms with Crippen molar-refractivity contribution in [3.63, 3.8) is 0 Å². The Kier molecular flexibility index (Phi) is 7.24. The molecule has 13 rings (SSSR count). The summed E-state index contributed by atoms with van der Waals surface area (Å²) in [5, 5.41) is 4.08. The first kappa shape index (κ1) is 31.0. The molecular weight excluding hydrogens is 805 g/mol. The number of furan rings is 1. The van der Waals surface area contributed by atoms with Gasteiger partial charge in [0.15, 0.2) is 17.5 Å². The topological polar surface area (TPSA) is 56.7 Å². The predicted octanol–water partition coefficient (Wildman–Crippen LogP) is 16.0. The number of hydrogen-bond acceptors (Lipinski definition) is 4. The van der Waals surface area contributed by atoms with E-state index in [1.165, 1.54) is 6.07 Å². The molecule has 0 aliphatic rings. The summed E-state index contributed by atoms with van der Waals surface area (Å²) in [6, 6.07) is 59.6. The van der Waals surface area contributed by atoms with Crippen LogP contribution in [0.2, 0.25) is 0 Å². The number of benzene rings is 10. The summed E-state index contributed by atoms with van der Waals surface area (Å²) in [5.41, 5.74) is 10.2. The molecule has 308 valence electrons. The van der Waals surface area contributed by atoms with E-state index in [0.717, 1.165) is 71.7 Å².